The number of ether oxygens (including phenoxy) is 2. The van der Waals surface area contributed by atoms with Crippen molar-refractivity contribution in [1.29, 1.82) is 5.26 Å². The first-order valence-electron chi connectivity index (χ1n) is 8.38. The summed E-state index contributed by atoms with van der Waals surface area (Å²) < 4.78 is 10.7. The number of nitrogens with zero attached hydrogens (tertiary/aromatic N) is 1. The maximum absolute atomic E-state index is 12.0. The maximum atomic E-state index is 12.0. The second-order valence-electron chi connectivity index (χ2n) is 5.81. The van der Waals surface area contributed by atoms with Crippen molar-refractivity contribution in [3.05, 3.63) is 59.7 Å². The average Bonchev–Trinajstić information content (AvgIpc) is 2.71. The molecule has 0 aliphatic carbocycles. The number of Topliss-reactive ketones (excluding diaryl/α,β-unsaturated/α-hetero) is 1. The summed E-state index contributed by atoms with van der Waals surface area (Å²) >= 11 is 0. The molecule has 0 saturated carbocycles. The molecule has 0 radical (unpaired) electrons. The van der Waals surface area contributed by atoms with Gasteiger partial charge in [-0.2, -0.15) is 5.26 Å². The Morgan fingerprint density at radius 1 is 1.07 bits per heavy atom. The maximum Gasteiger partial charge on any atom is 0.279 e. The molecule has 2 N–H and O–H groups in total. The third kappa shape index (κ3) is 6.14. The topological polar surface area (TPSA) is 118 Å². The molecule has 0 spiro atoms. The van der Waals surface area contributed by atoms with Gasteiger partial charge in [0.15, 0.2) is 18.5 Å². The number of carbonyl (C=O) groups excluding carboxylic acids is 3. The molecule has 28 heavy (non-hydrogen) atoms. The lowest BCUT2D eigenvalue weighted by Crippen LogP contribution is -2.48. The minimum Gasteiger partial charge on any atom is -0.484 e. The van der Waals surface area contributed by atoms with E-state index in [1.54, 1.807) is 42.5 Å². The highest BCUT2D eigenvalue weighted by Gasteiger charge is 2.15. The predicted octanol–water partition coefficient (Wildman–Crippen LogP) is 1.75. The Labute approximate surface area is 162 Å². The van der Waals surface area contributed by atoms with Crippen molar-refractivity contribution in [3.8, 4) is 17.6 Å². The van der Waals surface area contributed by atoms with E-state index in [2.05, 4.69) is 10.9 Å². The van der Waals surface area contributed by atoms with Crippen LogP contribution in [0, 0.1) is 11.3 Å². The van der Waals surface area contributed by atoms with Gasteiger partial charge in [0.1, 0.15) is 11.5 Å². The zero-order valence-corrected chi connectivity index (χ0v) is 15.4. The molecule has 0 heterocycles. The van der Waals surface area contributed by atoms with Gasteiger partial charge < -0.3 is 9.47 Å². The van der Waals surface area contributed by atoms with Crippen molar-refractivity contribution in [2.24, 2.45) is 0 Å². The Kier molecular flexibility index (Phi) is 7.11. The van der Waals surface area contributed by atoms with Gasteiger partial charge in [-0.3, -0.25) is 25.2 Å². The lowest BCUT2D eigenvalue weighted by atomic mass is 10.1. The van der Waals surface area contributed by atoms with Crippen LogP contribution in [0.4, 0.5) is 0 Å². The van der Waals surface area contributed by atoms with E-state index >= 15 is 0 Å². The Morgan fingerprint density at radius 2 is 1.79 bits per heavy atom. The molecule has 144 valence electrons. The van der Waals surface area contributed by atoms with E-state index in [-0.39, 0.29) is 12.4 Å². The SMILES string of the molecule is CC(=O)c1cccc(OCC(=O)NNC(=O)[C@@H](C)Oc2ccc(C#N)cc2)c1. The summed E-state index contributed by atoms with van der Waals surface area (Å²) in [5.41, 5.74) is 5.41. The molecule has 8 heteroatoms. The number of carbonyl (C=O) groups is 3. The zero-order chi connectivity index (χ0) is 20.5. The van der Waals surface area contributed by atoms with Gasteiger partial charge >= 0.3 is 0 Å². The number of benzene rings is 2. The molecule has 2 rings (SSSR count). The van der Waals surface area contributed by atoms with E-state index in [0.29, 0.717) is 22.6 Å². The standard InChI is InChI=1S/C20H19N3O5/c1-13(24)16-4-3-5-18(10-16)27-12-19(25)22-23-20(26)14(2)28-17-8-6-15(11-21)7-9-17/h3-10,14H,12H2,1-2H3,(H,22,25)(H,23,26)/t14-/m1/s1. The van der Waals surface area contributed by atoms with Gasteiger partial charge in [0, 0.05) is 5.56 Å². The minimum absolute atomic E-state index is 0.113. The molecule has 0 aliphatic heterocycles. The van der Waals surface area contributed by atoms with Gasteiger partial charge in [-0.25, -0.2) is 0 Å². The highest BCUT2D eigenvalue weighted by atomic mass is 16.5. The number of nitriles is 1. The van der Waals surface area contributed by atoms with Crippen molar-refractivity contribution in [3.63, 3.8) is 0 Å². The molecule has 2 amide bonds. The lowest BCUT2D eigenvalue weighted by Gasteiger charge is -2.15. The minimum atomic E-state index is -0.874. The van der Waals surface area contributed by atoms with Crippen molar-refractivity contribution < 1.29 is 23.9 Å². The highest BCUT2D eigenvalue weighted by Crippen LogP contribution is 2.14. The fourth-order valence-electron chi connectivity index (χ4n) is 2.09. The summed E-state index contributed by atoms with van der Waals surface area (Å²) in [6.45, 7) is 2.61. The Balaban J connectivity index is 1.76. The smallest absolute Gasteiger partial charge is 0.279 e. The predicted molar refractivity (Wildman–Crippen MR) is 99.5 cm³/mol. The van der Waals surface area contributed by atoms with Crippen LogP contribution in [0.5, 0.6) is 11.5 Å². The van der Waals surface area contributed by atoms with Crippen molar-refractivity contribution in [2.75, 3.05) is 6.61 Å². The fourth-order valence-corrected chi connectivity index (χ4v) is 2.09. The normalized spacial score (nSPS) is 10.9. The molecule has 0 aliphatic rings. The highest BCUT2D eigenvalue weighted by molar-refractivity contribution is 5.94. The molecular formula is C20H19N3O5. The molecule has 1 atom stereocenters. The van der Waals surface area contributed by atoms with Crippen LogP contribution in [0.2, 0.25) is 0 Å². The lowest BCUT2D eigenvalue weighted by molar-refractivity contribution is -0.133. The number of nitrogens with one attached hydrogen (secondary N) is 2. The third-order valence-electron chi connectivity index (χ3n) is 3.60. The van der Waals surface area contributed by atoms with Gasteiger partial charge in [0.2, 0.25) is 0 Å². The summed E-state index contributed by atoms with van der Waals surface area (Å²) in [6.07, 6.45) is -0.874. The molecule has 0 bridgehead atoms. The van der Waals surface area contributed by atoms with Gasteiger partial charge in [-0.15, -0.1) is 0 Å². The molecule has 0 unspecified atom stereocenters. The quantitative estimate of drug-likeness (QED) is 0.557. The molecule has 0 fully saturated rings. The molecule has 0 saturated heterocycles. The van der Waals surface area contributed by atoms with Crippen LogP contribution in [0.15, 0.2) is 48.5 Å². The summed E-state index contributed by atoms with van der Waals surface area (Å²) in [5, 5.41) is 8.75. The summed E-state index contributed by atoms with van der Waals surface area (Å²) in [6, 6.07) is 14.7. The van der Waals surface area contributed by atoms with Crippen LogP contribution in [0.3, 0.4) is 0 Å². The Morgan fingerprint density at radius 3 is 2.43 bits per heavy atom. The van der Waals surface area contributed by atoms with E-state index in [1.165, 1.54) is 19.9 Å². The Hall–Kier alpha value is -3.86. The first kappa shape index (κ1) is 20.5. The second-order valence-corrected chi connectivity index (χ2v) is 5.81. The van der Waals surface area contributed by atoms with Crippen molar-refractivity contribution >= 4 is 17.6 Å². The van der Waals surface area contributed by atoms with Crippen molar-refractivity contribution in [1.82, 2.24) is 10.9 Å². The van der Waals surface area contributed by atoms with E-state index in [0.717, 1.165) is 0 Å². The van der Waals surface area contributed by atoms with Crippen molar-refractivity contribution in [2.45, 2.75) is 20.0 Å². The van der Waals surface area contributed by atoms with E-state index < -0.39 is 17.9 Å². The number of hydrogen-bond acceptors (Lipinski definition) is 6. The van der Waals surface area contributed by atoms with Crippen LogP contribution in [-0.4, -0.2) is 30.3 Å². The Bertz CT molecular complexity index is 903. The van der Waals surface area contributed by atoms with Crippen LogP contribution in [0.25, 0.3) is 0 Å². The third-order valence-corrected chi connectivity index (χ3v) is 3.60. The van der Waals surface area contributed by atoms with E-state index in [4.69, 9.17) is 14.7 Å². The number of ketones is 1. The van der Waals surface area contributed by atoms with Crippen LogP contribution < -0.4 is 20.3 Å². The molecule has 2 aromatic carbocycles. The monoisotopic (exact) mass is 381 g/mol. The molecule has 2 aromatic rings. The first-order valence-corrected chi connectivity index (χ1v) is 8.38. The molecule has 8 nitrogen and oxygen atoms in total. The van der Waals surface area contributed by atoms with Crippen LogP contribution >= 0.6 is 0 Å². The number of rotatable bonds is 7. The summed E-state index contributed by atoms with van der Waals surface area (Å²) in [7, 11) is 0. The second kappa shape index (κ2) is 9.73. The van der Waals surface area contributed by atoms with Crippen LogP contribution in [0.1, 0.15) is 29.8 Å². The largest absolute Gasteiger partial charge is 0.484 e. The fraction of sp³-hybridized carbons (Fsp3) is 0.200. The van der Waals surface area contributed by atoms with Gasteiger partial charge in [0.25, 0.3) is 11.8 Å². The average molecular weight is 381 g/mol. The van der Waals surface area contributed by atoms with E-state index in [9.17, 15) is 14.4 Å². The van der Waals surface area contributed by atoms with E-state index in [1.807, 2.05) is 6.07 Å². The van der Waals surface area contributed by atoms with Gasteiger partial charge in [0.05, 0.1) is 11.6 Å². The summed E-state index contributed by atoms with van der Waals surface area (Å²) in [5.74, 6) is -0.463. The first-order chi connectivity index (χ1) is 13.4. The number of hydrazine groups is 1. The summed E-state index contributed by atoms with van der Waals surface area (Å²) in [4.78, 5) is 35.1. The van der Waals surface area contributed by atoms with Gasteiger partial charge in [-0.05, 0) is 50.2 Å². The number of amides is 2. The number of hydrogen-bond donors (Lipinski definition) is 2. The molecule has 0 aromatic heterocycles. The van der Waals surface area contributed by atoms with Gasteiger partial charge in [-0.1, -0.05) is 12.1 Å². The molecular weight excluding hydrogens is 362 g/mol. The van der Waals surface area contributed by atoms with Crippen LogP contribution in [-0.2, 0) is 9.59 Å². The zero-order valence-electron chi connectivity index (χ0n) is 15.4.